The standard InChI is InChI=1S/C20H25N3O3/c1-12(2)26-20(25)22-18-9-13(3)23(14(4)24)19-6-5-15(10-17(18)19)16-7-8-21-11-16/h5-7,10-13,18H,8-9H2,1-4H3,(H,22,25)/t13-,18+/m1/s1. The number of aliphatic imine (C=N–C) groups is 1. The first-order chi connectivity index (χ1) is 12.4. The van der Waals surface area contributed by atoms with Crippen molar-refractivity contribution in [3.05, 3.63) is 35.4 Å². The highest BCUT2D eigenvalue weighted by Gasteiger charge is 2.33. The summed E-state index contributed by atoms with van der Waals surface area (Å²) in [5.74, 6) is -0.00338. The molecule has 1 N–H and O–H groups in total. The van der Waals surface area contributed by atoms with Crippen LogP contribution in [0.1, 0.15) is 51.3 Å². The molecule has 2 aliphatic rings. The normalized spacial score (nSPS) is 21.4. The SMILES string of the molecule is CC(=O)N1c2ccc(C3=CCN=C3)cc2[C@@H](NC(=O)OC(C)C)C[C@H]1C. The van der Waals surface area contributed by atoms with Crippen LogP contribution in [0.25, 0.3) is 5.57 Å². The first-order valence-corrected chi connectivity index (χ1v) is 8.98. The van der Waals surface area contributed by atoms with Gasteiger partial charge in [-0.25, -0.2) is 4.79 Å². The number of hydrogen-bond donors (Lipinski definition) is 1. The minimum absolute atomic E-state index is 0.00338. The summed E-state index contributed by atoms with van der Waals surface area (Å²) in [7, 11) is 0. The van der Waals surface area contributed by atoms with Crippen molar-refractivity contribution >= 4 is 29.5 Å². The van der Waals surface area contributed by atoms with Crippen LogP contribution in [0.4, 0.5) is 10.5 Å². The molecule has 1 aromatic carbocycles. The number of ether oxygens (including phenoxy) is 1. The summed E-state index contributed by atoms with van der Waals surface area (Å²) >= 11 is 0. The number of nitrogens with one attached hydrogen (secondary N) is 1. The van der Waals surface area contributed by atoms with Gasteiger partial charge in [-0.05, 0) is 56.0 Å². The molecule has 0 unspecified atom stereocenters. The second-order valence-electron chi connectivity index (χ2n) is 7.05. The third-order valence-corrected chi connectivity index (χ3v) is 4.63. The van der Waals surface area contributed by atoms with Gasteiger partial charge in [0, 0.05) is 24.9 Å². The lowest BCUT2D eigenvalue weighted by Crippen LogP contribution is -2.45. The molecule has 2 amide bonds. The topological polar surface area (TPSA) is 71.0 Å². The first kappa shape index (κ1) is 18.2. The Hall–Kier alpha value is -2.63. The van der Waals surface area contributed by atoms with Gasteiger partial charge in [-0.15, -0.1) is 0 Å². The summed E-state index contributed by atoms with van der Waals surface area (Å²) in [5.41, 5.74) is 3.86. The third kappa shape index (κ3) is 3.64. The lowest BCUT2D eigenvalue weighted by atomic mass is 9.89. The van der Waals surface area contributed by atoms with Crippen molar-refractivity contribution in [2.45, 2.75) is 52.3 Å². The maximum Gasteiger partial charge on any atom is 0.407 e. The quantitative estimate of drug-likeness (QED) is 0.902. The van der Waals surface area contributed by atoms with E-state index in [0.29, 0.717) is 13.0 Å². The smallest absolute Gasteiger partial charge is 0.407 e. The highest BCUT2D eigenvalue weighted by molar-refractivity contribution is 6.11. The number of fused-ring (bicyclic) bond motifs is 1. The number of hydrogen-bond acceptors (Lipinski definition) is 4. The van der Waals surface area contributed by atoms with E-state index in [1.54, 1.807) is 11.8 Å². The number of rotatable bonds is 3. The van der Waals surface area contributed by atoms with Gasteiger partial charge >= 0.3 is 6.09 Å². The molecule has 0 saturated heterocycles. The van der Waals surface area contributed by atoms with Gasteiger partial charge in [-0.3, -0.25) is 9.79 Å². The van der Waals surface area contributed by atoms with Crippen LogP contribution in [0.3, 0.4) is 0 Å². The molecule has 0 aromatic heterocycles. The first-order valence-electron chi connectivity index (χ1n) is 8.98. The average molecular weight is 355 g/mol. The molecule has 0 spiro atoms. The molecule has 6 heteroatoms. The minimum Gasteiger partial charge on any atom is -0.447 e. The van der Waals surface area contributed by atoms with Crippen molar-refractivity contribution < 1.29 is 14.3 Å². The van der Waals surface area contributed by atoms with Crippen molar-refractivity contribution in [2.75, 3.05) is 11.4 Å². The molecule has 0 saturated carbocycles. The molecule has 26 heavy (non-hydrogen) atoms. The van der Waals surface area contributed by atoms with E-state index in [9.17, 15) is 9.59 Å². The van der Waals surface area contributed by atoms with Crippen LogP contribution in [-0.4, -0.2) is 36.9 Å². The Morgan fingerprint density at radius 2 is 2.12 bits per heavy atom. The molecule has 0 radical (unpaired) electrons. The summed E-state index contributed by atoms with van der Waals surface area (Å²) in [5, 5.41) is 2.96. The molecular formula is C20H25N3O3. The number of alkyl carbamates (subject to hydrolysis) is 1. The Kier molecular flexibility index (Phi) is 5.11. The van der Waals surface area contributed by atoms with E-state index in [2.05, 4.69) is 16.4 Å². The zero-order valence-electron chi connectivity index (χ0n) is 15.7. The molecule has 2 atom stereocenters. The number of amides is 2. The lowest BCUT2D eigenvalue weighted by Gasteiger charge is -2.39. The third-order valence-electron chi connectivity index (χ3n) is 4.63. The molecular weight excluding hydrogens is 330 g/mol. The Labute approximate surface area is 153 Å². The molecule has 6 nitrogen and oxygen atoms in total. The monoisotopic (exact) mass is 355 g/mol. The molecule has 2 heterocycles. The van der Waals surface area contributed by atoms with Crippen LogP contribution in [0.2, 0.25) is 0 Å². The fraction of sp³-hybridized carbons (Fsp3) is 0.450. The molecule has 2 aliphatic heterocycles. The van der Waals surface area contributed by atoms with Gasteiger partial charge in [-0.2, -0.15) is 0 Å². The van der Waals surface area contributed by atoms with Crippen LogP contribution in [-0.2, 0) is 9.53 Å². The van der Waals surface area contributed by atoms with E-state index >= 15 is 0 Å². The maximum absolute atomic E-state index is 12.2. The fourth-order valence-corrected chi connectivity index (χ4v) is 3.60. The predicted octanol–water partition coefficient (Wildman–Crippen LogP) is 3.48. The zero-order valence-corrected chi connectivity index (χ0v) is 15.7. The summed E-state index contributed by atoms with van der Waals surface area (Å²) in [6.45, 7) is 7.89. The summed E-state index contributed by atoms with van der Waals surface area (Å²) < 4.78 is 5.24. The summed E-state index contributed by atoms with van der Waals surface area (Å²) in [4.78, 5) is 30.3. The Bertz CT molecular complexity index is 783. The van der Waals surface area contributed by atoms with Gasteiger partial charge in [-0.1, -0.05) is 12.1 Å². The van der Waals surface area contributed by atoms with Crippen molar-refractivity contribution in [1.82, 2.24) is 5.32 Å². The minimum atomic E-state index is -0.438. The lowest BCUT2D eigenvalue weighted by molar-refractivity contribution is -0.117. The van der Waals surface area contributed by atoms with E-state index in [1.165, 1.54) is 0 Å². The molecule has 138 valence electrons. The van der Waals surface area contributed by atoms with Crippen LogP contribution in [0.15, 0.2) is 29.3 Å². The van der Waals surface area contributed by atoms with Crippen molar-refractivity contribution in [2.24, 2.45) is 4.99 Å². The Morgan fingerprint density at radius 3 is 2.73 bits per heavy atom. The Morgan fingerprint density at radius 1 is 1.35 bits per heavy atom. The summed E-state index contributed by atoms with van der Waals surface area (Å²) in [6, 6.07) is 5.78. The number of benzene rings is 1. The van der Waals surface area contributed by atoms with Crippen LogP contribution < -0.4 is 10.2 Å². The largest absolute Gasteiger partial charge is 0.447 e. The van der Waals surface area contributed by atoms with E-state index in [0.717, 1.165) is 22.4 Å². The number of nitrogens with zero attached hydrogens (tertiary/aromatic N) is 2. The zero-order chi connectivity index (χ0) is 18.8. The van der Waals surface area contributed by atoms with Crippen molar-refractivity contribution in [1.29, 1.82) is 0 Å². The number of anilines is 1. The fourth-order valence-electron chi connectivity index (χ4n) is 3.60. The van der Waals surface area contributed by atoms with Gasteiger partial charge in [0.2, 0.25) is 5.91 Å². The molecule has 0 aliphatic carbocycles. The molecule has 3 rings (SSSR count). The van der Waals surface area contributed by atoms with Crippen LogP contribution >= 0.6 is 0 Å². The van der Waals surface area contributed by atoms with Crippen LogP contribution in [0, 0.1) is 0 Å². The number of allylic oxidation sites excluding steroid dienone is 1. The van der Waals surface area contributed by atoms with Gasteiger partial charge in [0.15, 0.2) is 0 Å². The highest BCUT2D eigenvalue weighted by atomic mass is 16.6. The van der Waals surface area contributed by atoms with E-state index in [-0.39, 0.29) is 24.1 Å². The average Bonchev–Trinajstić information content (AvgIpc) is 3.07. The number of carbonyl (C=O) groups is 2. The molecule has 0 bridgehead atoms. The van der Waals surface area contributed by atoms with E-state index < -0.39 is 6.09 Å². The van der Waals surface area contributed by atoms with Gasteiger partial charge in [0.05, 0.1) is 18.7 Å². The van der Waals surface area contributed by atoms with E-state index in [1.807, 2.05) is 45.2 Å². The Balaban J connectivity index is 1.98. The van der Waals surface area contributed by atoms with Gasteiger partial charge < -0.3 is 15.0 Å². The highest BCUT2D eigenvalue weighted by Crippen LogP contribution is 2.39. The predicted molar refractivity (Wildman–Crippen MR) is 103 cm³/mol. The summed E-state index contributed by atoms with van der Waals surface area (Å²) in [6.07, 6.45) is 3.93. The van der Waals surface area contributed by atoms with Crippen molar-refractivity contribution in [3.8, 4) is 0 Å². The van der Waals surface area contributed by atoms with Crippen LogP contribution in [0.5, 0.6) is 0 Å². The van der Waals surface area contributed by atoms with Gasteiger partial charge in [0.25, 0.3) is 0 Å². The van der Waals surface area contributed by atoms with Crippen molar-refractivity contribution in [3.63, 3.8) is 0 Å². The molecule has 0 fully saturated rings. The maximum atomic E-state index is 12.2. The second-order valence-corrected chi connectivity index (χ2v) is 7.05. The number of carbonyl (C=O) groups excluding carboxylic acids is 2. The molecule has 1 aromatic rings. The second kappa shape index (κ2) is 7.32. The van der Waals surface area contributed by atoms with Gasteiger partial charge in [0.1, 0.15) is 0 Å². The van der Waals surface area contributed by atoms with E-state index in [4.69, 9.17) is 4.74 Å².